The van der Waals surface area contributed by atoms with Crippen LogP contribution in [-0.2, 0) is 4.74 Å². The van der Waals surface area contributed by atoms with E-state index >= 15 is 0 Å². The van der Waals surface area contributed by atoms with Crippen LogP contribution in [-0.4, -0.2) is 50.3 Å². The van der Waals surface area contributed by atoms with Crippen LogP contribution in [0.2, 0.25) is 0 Å². The van der Waals surface area contributed by atoms with Crippen LogP contribution < -0.4 is 5.32 Å². The minimum Gasteiger partial charge on any atom is -0.378 e. The van der Waals surface area contributed by atoms with E-state index in [1.165, 1.54) is 45.1 Å². The highest BCUT2D eigenvalue weighted by Crippen LogP contribution is 2.18. The number of likely N-dealkylation sites (tertiary alicyclic amines) is 1. The molecule has 0 spiro atoms. The first-order chi connectivity index (χ1) is 7.86. The molecule has 0 radical (unpaired) electrons. The van der Waals surface area contributed by atoms with Gasteiger partial charge in [0.2, 0.25) is 0 Å². The Balaban J connectivity index is 1.59. The Kier molecular flexibility index (Phi) is 5.07. The van der Waals surface area contributed by atoms with E-state index < -0.39 is 0 Å². The van der Waals surface area contributed by atoms with Crippen molar-refractivity contribution >= 4 is 0 Å². The van der Waals surface area contributed by atoms with Crippen LogP contribution in [0.15, 0.2) is 0 Å². The van der Waals surface area contributed by atoms with E-state index in [-0.39, 0.29) is 0 Å². The number of hydrogen-bond donors (Lipinski definition) is 1. The fraction of sp³-hybridized carbons (Fsp3) is 1.00. The van der Waals surface area contributed by atoms with Crippen molar-refractivity contribution in [3.05, 3.63) is 0 Å². The summed E-state index contributed by atoms with van der Waals surface area (Å²) in [5, 5.41) is 3.37. The highest BCUT2D eigenvalue weighted by Gasteiger charge is 2.19. The van der Waals surface area contributed by atoms with Crippen LogP contribution in [0.5, 0.6) is 0 Å². The predicted molar refractivity (Wildman–Crippen MR) is 66.7 cm³/mol. The van der Waals surface area contributed by atoms with E-state index in [0.717, 1.165) is 25.7 Å². The Hall–Kier alpha value is -0.120. The summed E-state index contributed by atoms with van der Waals surface area (Å²) in [6.45, 7) is 4.50. The Morgan fingerprint density at radius 2 is 2.00 bits per heavy atom. The predicted octanol–water partition coefficient (Wildman–Crippen LogP) is 1.63. The van der Waals surface area contributed by atoms with Crippen molar-refractivity contribution in [2.75, 3.05) is 33.3 Å². The normalized spacial score (nSPS) is 29.4. The molecule has 0 aromatic heterocycles. The molecule has 16 heavy (non-hydrogen) atoms. The first-order valence-corrected chi connectivity index (χ1v) is 6.89. The Bertz CT molecular complexity index is 192. The van der Waals surface area contributed by atoms with Gasteiger partial charge in [-0.05, 0) is 58.8 Å². The summed E-state index contributed by atoms with van der Waals surface area (Å²) in [5.41, 5.74) is 0. The molecule has 0 aromatic carbocycles. The molecule has 1 N–H and O–H groups in total. The van der Waals surface area contributed by atoms with Gasteiger partial charge in [0.25, 0.3) is 0 Å². The van der Waals surface area contributed by atoms with Crippen molar-refractivity contribution in [2.45, 2.75) is 50.7 Å². The largest absolute Gasteiger partial charge is 0.378 e. The molecule has 0 saturated carbocycles. The summed E-state index contributed by atoms with van der Waals surface area (Å²) >= 11 is 0. The lowest BCUT2D eigenvalue weighted by Crippen LogP contribution is -2.38. The highest BCUT2D eigenvalue weighted by molar-refractivity contribution is 4.74. The van der Waals surface area contributed by atoms with E-state index in [2.05, 4.69) is 17.3 Å². The van der Waals surface area contributed by atoms with Crippen LogP contribution in [0.3, 0.4) is 0 Å². The second kappa shape index (κ2) is 6.58. The molecule has 2 rings (SSSR count). The van der Waals surface area contributed by atoms with Gasteiger partial charge in [0, 0.05) is 12.6 Å². The third-order valence-corrected chi connectivity index (χ3v) is 4.01. The lowest BCUT2D eigenvalue weighted by molar-refractivity contribution is 0.0176. The lowest BCUT2D eigenvalue weighted by Gasteiger charge is -2.33. The number of piperidine rings is 2. The van der Waals surface area contributed by atoms with Crippen molar-refractivity contribution in [2.24, 2.45) is 0 Å². The third-order valence-electron chi connectivity index (χ3n) is 4.01. The second-order valence-corrected chi connectivity index (χ2v) is 5.24. The molecule has 3 nitrogen and oxygen atoms in total. The van der Waals surface area contributed by atoms with Crippen LogP contribution in [0.25, 0.3) is 0 Å². The average molecular weight is 226 g/mol. The minimum atomic E-state index is 0.523. The molecule has 94 valence electrons. The Morgan fingerprint density at radius 3 is 2.75 bits per heavy atom. The van der Waals surface area contributed by atoms with E-state index in [9.17, 15) is 0 Å². The molecule has 2 aliphatic heterocycles. The first kappa shape index (κ1) is 12.3. The van der Waals surface area contributed by atoms with Gasteiger partial charge in [-0.1, -0.05) is 6.42 Å². The molecule has 2 heterocycles. The molecule has 0 aromatic rings. The van der Waals surface area contributed by atoms with Crippen LogP contribution in [0.4, 0.5) is 0 Å². The van der Waals surface area contributed by atoms with Gasteiger partial charge in [-0.2, -0.15) is 0 Å². The summed E-state index contributed by atoms with van der Waals surface area (Å²) in [5.74, 6) is 0. The maximum Gasteiger partial charge on any atom is 0.0599 e. The van der Waals surface area contributed by atoms with Crippen molar-refractivity contribution in [1.82, 2.24) is 10.2 Å². The quantitative estimate of drug-likeness (QED) is 0.788. The number of ether oxygens (including phenoxy) is 1. The smallest absolute Gasteiger partial charge is 0.0599 e. The third kappa shape index (κ3) is 3.72. The zero-order valence-corrected chi connectivity index (χ0v) is 10.6. The zero-order valence-electron chi connectivity index (χ0n) is 10.6. The Labute approximate surface area is 99.5 Å². The number of nitrogens with zero attached hydrogens (tertiary/aromatic N) is 1. The first-order valence-electron chi connectivity index (χ1n) is 6.89. The van der Waals surface area contributed by atoms with Gasteiger partial charge in [0.05, 0.1) is 6.10 Å². The molecular formula is C13H26N2O. The second-order valence-electron chi connectivity index (χ2n) is 5.24. The van der Waals surface area contributed by atoms with Crippen molar-refractivity contribution < 1.29 is 4.74 Å². The summed E-state index contributed by atoms with van der Waals surface area (Å²) in [6, 6.07) is 0.774. The van der Waals surface area contributed by atoms with E-state index in [0.29, 0.717) is 6.10 Å². The summed E-state index contributed by atoms with van der Waals surface area (Å²) in [7, 11) is 2.26. The fourth-order valence-corrected chi connectivity index (χ4v) is 2.84. The van der Waals surface area contributed by atoms with E-state index in [4.69, 9.17) is 4.74 Å². The van der Waals surface area contributed by atoms with Gasteiger partial charge < -0.3 is 15.0 Å². The van der Waals surface area contributed by atoms with Crippen molar-refractivity contribution in [3.8, 4) is 0 Å². The molecule has 3 heteroatoms. The zero-order chi connectivity index (χ0) is 11.2. The minimum absolute atomic E-state index is 0.523. The molecule has 1 unspecified atom stereocenters. The van der Waals surface area contributed by atoms with Crippen LogP contribution >= 0.6 is 0 Å². The number of hydrogen-bond acceptors (Lipinski definition) is 3. The SMILES string of the molecule is CN1CCCCC1CCOC1CCNCC1. The molecule has 0 bridgehead atoms. The maximum absolute atomic E-state index is 5.97. The molecular weight excluding hydrogens is 200 g/mol. The molecule has 2 aliphatic rings. The van der Waals surface area contributed by atoms with Gasteiger partial charge in [-0.25, -0.2) is 0 Å². The van der Waals surface area contributed by atoms with Crippen molar-refractivity contribution in [3.63, 3.8) is 0 Å². The van der Waals surface area contributed by atoms with Gasteiger partial charge in [0.15, 0.2) is 0 Å². The molecule has 1 atom stereocenters. The lowest BCUT2D eigenvalue weighted by atomic mass is 10.0. The molecule has 2 saturated heterocycles. The Morgan fingerprint density at radius 1 is 1.19 bits per heavy atom. The topological polar surface area (TPSA) is 24.5 Å². The van der Waals surface area contributed by atoms with Gasteiger partial charge in [0.1, 0.15) is 0 Å². The van der Waals surface area contributed by atoms with E-state index in [1.54, 1.807) is 0 Å². The van der Waals surface area contributed by atoms with E-state index in [1.807, 2.05) is 0 Å². The van der Waals surface area contributed by atoms with Gasteiger partial charge in [-0.3, -0.25) is 0 Å². The summed E-state index contributed by atoms with van der Waals surface area (Å²) in [4.78, 5) is 2.51. The molecule has 0 aliphatic carbocycles. The number of rotatable bonds is 4. The van der Waals surface area contributed by atoms with Crippen molar-refractivity contribution in [1.29, 1.82) is 0 Å². The summed E-state index contributed by atoms with van der Waals surface area (Å²) in [6.07, 6.45) is 8.29. The fourth-order valence-electron chi connectivity index (χ4n) is 2.84. The molecule has 2 fully saturated rings. The maximum atomic E-state index is 5.97. The van der Waals surface area contributed by atoms with Crippen LogP contribution in [0.1, 0.15) is 38.5 Å². The van der Waals surface area contributed by atoms with Crippen LogP contribution in [0, 0.1) is 0 Å². The number of nitrogens with one attached hydrogen (secondary N) is 1. The standard InChI is InChI=1S/C13H26N2O/c1-15-10-3-2-4-12(15)7-11-16-13-5-8-14-9-6-13/h12-14H,2-11H2,1H3. The van der Waals surface area contributed by atoms with Gasteiger partial charge in [-0.15, -0.1) is 0 Å². The monoisotopic (exact) mass is 226 g/mol. The van der Waals surface area contributed by atoms with Gasteiger partial charge >= 0.3 is 0 Å². The summed E-state index contributed by atoms with van der Waals surface area (Å²) < 4.78 is 5.97. The average Bonchev–Trinajstić information content (AvgIpc) is 2.33. The molecule has 0 amide bonds. The highest BCUT2D eigenvalue weighted by atomic mass is 16.5.